The lowest BCUT2D eigenvalue weighted by atomic mass is 10.1. The van der Waals surface area contributed by atoms with E-state index < -0.39 is 10.0 Å². The van der Waals surface area contributed by atoms with E-state index in [1.54, 1.807) is 24.3 Å². The van der Waals surface area contributed by atoms with Crippen LogP contribution < -0.4 is 23.8 Å². The van der Waals surface area contributed by atoms with Gasteiger partial charge in [0, 0.05) is 12.6 Å². The molecule has 0 aromatic heterocycles. The molecule has 0 saturated carbocycles. The van der Waals surface area contributed by atoms with Crippen molar-refractivity contribution in [3.05, 3.63) is 77.9 Å². The summed E-state index contributed by atoms with van der Waals surface area (Å²) in [7, 11) is -0.900. The van der Waals surface area contributed by atoms with Crippen molar-refractivity contribution in [2.24, 2.45) is 0 Å². The van der Waals surface area contributed by atoms with E-state index in [0.717, 1.165) is 9.87 Å². The molecule has 9 heteroatoms. The highest BCUT2D eigenvalue weighted by molar-refractivity contribution is 7.92. The number of carbonyl (C=O) groups is 1. The minimum atomic E-state index is -3.85. The van der Waals surface area contributed by atoms with Crippen molar-refractivity contribution in [3.8, 4) is 17.2 Å². The third-order valence-corrected chi connectivity index (χ3v) is 7.40. The number of sulfonamides is 1. The van der Waals surface area contributed by atoms with E-state index in [0.29, 0.717) is 41.7 Å². The van der Waals surface area contributed by atoms with Crippen LogP contribution in [0.4, 0.5) is 5.69 Å². The highest BCUT2D eigenvalue weighted by atomic mass is 32.2. The van der Waals surface area contributed by atoms with Gasteiger partial charge in [0.05, 0.1) is 23.7 Å². The summed E-state index contributed by atoms with van der Waals surface area (Å²) in [5.41, 5.74) is 1.64. The fourth-order valence-corrected chi connectivity index (χ4v) is 4.85. The first-order chi connectivity index (χ1) is 16.3. The van der Waals surface area contributed by atoms with E-state index in [1.807, 2.05) is 25.1 Å². The molecule has 0 fully saturated rings. The first-order valence-electron chi connectivity index (χ1n) is 10.7. The van der Waals surface area contributed by atoms with Gasteiger partial charge >= 0.3 is 0 Å². The van der Waals surface area contributed by atoms with Crippen LogP contribution >= 0.6 is 0 Å². The minimum Gasteiger partial charge on any atom is -0.495 e. The molecule has 0 spiro atoms. The molecule has 4 rings (SSSR count). The van der Waals surface area contributed by atoms with Gasteiger partial charge in [-0.2, -0.15) is 0 Å². The molecule has 0 radical (unpaired) electrons. The molecule has 1 aliphatic rings. The number of methoxy groups -OCH3 is 1. The Morgan fingerprint density at radius 2 is 1.68 bits per heavy atom. The molecule has 1 atom stereocenters. The van der Waals surface area contributed by atoms with Crippen LogP contribution in [0, 0.1) is 0 Å². The van der Waals surface area contributed by atoms with Gasteiger partial charge in [0.2, 0.25) is 0 Å². The summed E-state index contributed by atoms with van der Waals surface area (Å²) in [4.78, 5) is 12.8. The highest BCUT2D eigenvalue weighted by Crippen LogP contribution is 2.33. The number of rotatable bonds is 7. The van der Waals surface area contributed by atoms with Crippen LogP contribution in [-0.2, 0) is 10.0 Å². The van der Waals surface area contributed by atoms with Crippen molar-refractivity contribution in [2.75, 3.05) is 31.7 Å². The predicted octanol–water partition coefficient (Wildman–Crippen LogP) is 3.78. The number of fused-ring (bicyclic) bond motifs is 1. The van der Waals surface area contributed by atoms with Gasteiger partial charge in [-0.05, 0) is 61.0 Å². The van der Waals surface area contributed by atoms with Crippen molar-refractivity contribution in [2.45, 2.75) is 17.9 Å². The SMILES string of the molecule is COc1ccccc1N(C)S(=O)(=O)c1ccc(C(=O)N[C@@H](C)c2ccc3c(c2)OCCO3)cc1. The fourth-order valence-electron chi connectivity index (χ4n) is 3.65. The number of benzene rings is 3. The minimum absolute atomic E-state index is 0.0670. The Hall–Kier alpha value is -3.72. The lowest BCUT2D eigenvalue weighted by Gasteiger charge is -2.22. The topological polar surface area (TPSA) is 94.2 Å². The predicted molar refractivity (Wildman–Crippen MR) is 128 cm³/mol. The molecule has 0 aliphatic carbocycles. The highest BCUT2D eigenvalue weighted by Gasteiger charge is 2.24. The Kier molecular flexibility index (Phi) is 6.65. The second-order valence-electron chi connectivity index (χ2n) is 7.77. The summed E-state index contributed by atoms with van der Waals surface area (Å²) in [5.74, 6) is 1.46. The van der Waals surface area contributed by atoms with Crippen LogP contribution in [0.1, 0.15) is 28.9 Å². The molecule has 0 bridgehead atoms. The second-order valence-corrected chi connectivity index (χ2v) is 9.74. The van der Waals surface area contributed by atoms with E-state index in [-0.39, 0.29) is 16.8 Å². The zero-order chi connectivity index (χ0) is 24.3. The number of para-hydroxylation sites is 2. The molecule has 0 saturated heterocycles. The Labute approximate surface area is 199 Å². The normalized spacial score (nSPS) is 13.6. The van der Waals surface area contributed by atoms with Gasteiger partial charge in [0.25, 0.3) is 15.9 Å². The number of nitrogens with one attached hydrogen (secondary N) is 1. The van der Waals surface area contributed by atoms with Crippen molar-refractivity contribution >= 4 is 21.6 Å². The molecule has 3 aromatic carbocycles. The Morgan fingerprint density at radius 3 is 2.38 bits per heavy atom. The van der Waals surface area contributed by atoms with E-state index in [9.17, 15) is 13.2 Å². The smallest absolute Gasteiger partial charge is 0.264 e. The fraction of sp³-hybridized carbons (Fsp3) is 0.240. The Bertz CT molecular complexity index is 1290. The number of carbonyl (C=O) groups excluding carboxylic acids is 1. The summed E-state index contributed by atoms with van der Waals surface area (Å²) in [6.45, 7) is 2.86. The Morgan fingerprint density at radius 1 is 1.00 bits per heavy atom. The van der Waals surface area contributed by atoms with Crippen molar-refractivity contribution in [1.82, 2.24) is 5.32 Å². The second kappa shape index (κ2) is 9.64. The van der Waals surface area contributed by atoms with Crippen molar-refractivity contribution in [3.63, 3.8) is 0 Å². The van der Waals surface area contributed by atoms with Gasteiger partial charge in [-0.15, -0.1) is 0 Å². The molecule has 0 unspecified atom stereocenters. The maximum Gasteiger partial charge on any atom is 0.264 e. The first kappa shape index (κ1) is 23.4. The van der Waals surface area contributed by atoms with Crippen LogP contribution in [0.2, 0.25) is 0 Å². The molecule has 34 heavy (non-hydrogen) atoms. The third-order valence-electron chi connectivity index (χ3n) is 5.61. The van der Waals surface area contributed by atoms with E-state index in [4.69, 9.17) is 14.2 Å². The largest absolute Gasteiger partial charge is 0.495 e. The summed E-state index contributed by atoms with van der Waals surface area (Å²) in [6, 6.07) is 18.0. The van der Waals surface area contributed by atoms with Gasteiger partial charge in [-0.25, -0.2) is 8.42 Å². The number of nitrogens with zero attached hydrogens (tertiary/aromatic N) is 1. The van der Waals surface area contributed by atoms with Crippen molar-refractivity contribution < 1.29 is 27.4 Å². The average molecular weight is 483 g/mol. The number of anilines is 1. The molecule has 1 N–H and O–H groups in total. The van der Waals surface area contributed by atoms with Gasteiger partial charge in [0.15, 0.2) is 11.5 Å². The summed E-state index contributed by atoms with van der Waals surface area (Å²) in [6.07, 6.45) is 0. The molecule has 1 amide bonds. The van der Waals surface area contributed by atoms with Crippen LogP contribution in [0.3, 0.4) is 0 Å². The number of hydrogen-bond acceptors (Lipinski definition) is 6. The van der Waals surface area contributed by atoms with Gasteiger partial charge in [-0.1, -0.05) is 18.2 Å². The summed E-state index contributed by atoms with van der Waals surface area (Å²) < 4.78 is 43.8. The number of ether oxygens (including phenoxy) is 3. The molecular formula is C25H26N2O6S. The molecule has 8 nitrogen and oxygen atoms in total. The molecular weight excluding hydrogens is 456 g/mol. The molecule has 3 aromatic rings. The van der Waals surface area contributed by atoms with Crippen LogP contribution in [0.5, 0.6) is 17.2 Å². The summed E-state index contributed by atoms with van der Waals surface area (Å²) in [5, 5.41) is 2.93. The average Bonchev–Trinajstić information content (AvgIpc) is 2.87. The third kappa shape index (κ3) is 4.65. The zero-order valence-corrected chi connectivity index (χ0v) is 20.0. The molecule has 1 aliphatic heterocycles. The lowest BCUT2D eigenvalue weighted by Crippen LogP contribution is -2.28. The Balaban J connectivity index is 1.48. The number of hydrogen-bond donors (Lipinski definition) is 1. The lowest BCUT2D eigenvalue weighted by molar-refractivity contribution is 0.0939. The van der Waals surface area contributed by atoms with E-state index in [1.165, 1.54) is 38.4 Å². The monoisotopic (exact) mass is 482 g/mol. The van der Waals surface area contributed by atoms with E-state index >= 15 is 0 Å². The van der Waals surface area contributed by atoms with Crippen LogP contribution in [0.25, 0.3) is 0 Å². The maximum atomic E-state index is 13.1. The standard InChI is InChI=1S/C25H26N2O6S/c1-17(19-10-13-23-24(16-19)33-15-14-32-23)26-25(28)18-8-11-20(12-9-18)34(29,30)27(2)21-6-4-5-7-22(21)31-3/h4-13,16-17H,14-15H2,1-3H3,(H,26,28)/t17-/m0/s1. The zero-order valence-electron chi connectivity index (χ0n) is 19.1. The quantitative estimate of drug-likeness (QED) is 0.551. The molecule has 1 heterocycles. The maximum absolute atomic E-state index is 13.1. The van der Waals surface area contributed by atoms with Gasteiger partial charge in [-0.3, -0.25) is 9.10 Å². The van der Waals surface area contributed by atoms with Gasteiger partial charge in [0.1, 0.15) is 19.0 Å². The van der Waals surface area contributed by atoms with Crippen molar-refractivity contribution in [1.29, 1.82) is 0 Å². The number of amides is 1. The molecule has 178 valence electrons. The van der Waals surface area contributed by atoms with Crippen LogP contribution in [0.15, 0.2) is 71.6 Å². The summed E-state index contributed by atoms with van der Waals surface area (Å²) >= 11 is 0. The van der Waals surface area contributed by atoms with E-state index in [2.05, 4.69) is 5.32 Å². The van der Waals surface area contributed by atoms with Gasteiger partial charge < -0.3 is 19.5 Å². The first-order valence-corrected chi connectivity index (χ1v) is 12.2. The van der Waals surface area contributed by atoms with Crippen LogP contribution in [-0.4, -0.2) is 41.7 Å².